The SMILES string of the molecule is COc1cccc2c1c(C(N)=O)c(C(=O)OCc1ccc(O)cc1)n2Cc1cccc(C(=N)N)c1.Cl. The fourth-order valence-electron chi connectivity index (χ4n) is 3.99. The fraction of sp³-hybridized carbons (Fsp3) is 0.115. The summed E-state index contributed by atoms with van der Waals surface area (Å²) in [6, 6.07) is 18.5. The number of rotatable bonds is 8. The van der Waals surface area contributed by atoms with Gasteiger partial charge in [0.1, 0.15) is 29.6 Å². The first-order valence-corrected chi connectivity index (χ1v) is 10.7. The molecule has 4 rings (SSSR count). The van der Waals surface area contributed by atoms with Crippen molar-refractivity contribution in [2.75, 3.05) is 7.11 Å². The number of hydrogen-bond donors (Lipinski definition) is 4. The Kier molecular flexibility index (Phi) is 7.86. The van der Waals surface area contributed by atoms with Crippen LogP contribution in [0.3, 0.4) is 0 Å². The van der Waals surface area contributed by atoms with E-state index in [1.54, 1.807) is 53.1 Å². The van der Waals surface area contributed by atoms with Gasteiger partial charge >= 0.3 is 5.97 Å². The van der Waals surface area contributed by atoms with Crippen LogP contribution in [0.1, 0.15) is 37.5 Å². The lowest BCUT2D eigenvalue weighted by atomic mass is 10.1. The van der Waals surface area contributed by atoms with Crippen LogP contribution in [0.2, 0.25) is 0 Å². The number of aromatic nitrogens is 1. The maximum Gasteiger partial charge on any atom is 0.356 e. The van der Waals surface area contributed by atoms with Crippen molar-refractivity contribution in [1.29, 1.82) is 5.41 Å². The van der Waals surface area contributed by atoms with Crippen molar-refractivity contribution in [3.05, 3.63) is 94.7 Å². The first-order valence-electron chi connectivity index (χ1n) is 10.7. The van der Waals surface area contributed by atoms with E-state index >= 15 is 0 Å². The Bertz CT molecular complexity index is 1450. The third-order valence-electron chi connectivity index (χ3n) is 5.60. The minimum absolute atomic E-state index is 0. The van der Waals surface area contributed by atoms with Crippen LogP contribution in [0.5, 0.6) is 11.5 Å². The van der Waals surface area contributed by atoms with E-state index in [0.717, 1.165) is 5.56 Å². The Morgan fingerprint density at radius 3 is 2.33 bits per heavy atom. The van der Waals surface area contributed by atoms with Gasteiger partial charge in [0.05, 0.1) is 23.6 Å². The summed E-state index contributed by atoms with van der Waals surface area (Å²) >= 11 is 0. The van der Waals surface area contributed by atoms with E-state index in [0.29, 0.717) is 27.8 Å². The number of halogens is 1. The predicted molar refractivity (Wildman–Crippen MR) is 138 cm³/mol. The molecule has 4 aromatic rings. The Morgan fingerprint density at radius 1 is 1.00 bits per heavy atom. The molecule has 36 heavy (non-hydrogen) atoms. The number of nitrogens with two attached hydrogens (primary N) is 2. The molecule has 0 aliphatic heterocycles. The number of esters is 1. The van der Waals surface area contributed by atoms with Crippen LogP contribution in [-0.2, 0) is 17.9 Å². The third-order valence-corrected chi connectivity index (χ3v) is 5.60. The number of aromatic hydroxyl groups is 1. The number of hydrogen-bond acceptors (Lipinski definition) is 6. The van der Waals surface area contributed by atoms with Gasteiger partial charge in [0.15, 0.2) is 0 Å². The van der Waals surface area contributed by atoms with Crippen molar-refractivity contribution in [2.45, 2.75) is 13.2 Å². The summed E-state index contributed by atoms with van der Waals surface area (Å²) < 4.78 is 12.7. The second-order valence-corrected chi connectivity index (χ2v) is 7.89. The summed E-state index contributed by atoms with van der Waals surface area (Å²) in [4.78, 5) is 26.0. The van der Waals surface area contributed by atoms with Gasteiger partial charge in [0.2, 0.25) is 0 Å². The molecule has 0 saturated carbocycles. The van der Waals surface area contributed by atoms with Gasteiger partial charge in [-0.2, -0.15) is 0 Å². The largest absolute Gasteiger partial charge is 0.508 e. The highest BCUT2D eigenvalue weighted by Crippen LogP contribution is 2.35. The van der Waals surface area contributed by atoms with Crippen molar-refractivity contribution in [3.63, 3.8) is 0 Å². The summed E-state index contributed by atoms with van der Waals surface area (Å²) in [6.07, 6.45) is 0. The Balaban J connectivity index is 0.00000361. The Morgan fingerprint density at radius 2 is 1.69 bits per heavy atom. The van der Waals surface area contributed by atoms with E-state index in [9.17, 15) is 14.7 Å². The van der Waals surface area contributed by atoms with Gasteiger partial charge in [-0.15, -0.1) is 12.4 Å². The molecule has 3 aromatic carbocycles. The number of phenols is 1. The number of carbonyl (C=O) groups excluding carboxylic acids is 2. The van der Waals surface area contributed by atoms with Gasteiger partial charge in [0, 0.05) is 12.1 Å². The molecule has 0 aliphatic carbocycles. The number of carbonyl (C=O) groups is 2. The smallest absolute Gasteiger partial charge is 0.356 e. The van der Waals surface area contributed by atoms with E-state index in [4.69, 9.17) is 26.4 Å². The first-order chi connectivity index (χ1) is 16.8. The molecule has 1 aromatic heterocycles. The number of primary amides is 1. The average molecular weight is 509 g/mol. The van der Waals surface area contributed by atoms with Crippen molar-refractivity contribution in [2.24, 2.45) is 11.5 Å². The summed E-state index contributed by atoms with van der Waals surface area (Å²) in [5.74, 6) is -1.14. The van der Waals surface area contributed by atoms with Crippen LogP contribution >= 0.6 is 12.4 Å². The van der Waals surface area contributed by atoms with E-state index in [2.05, 4.69) is 0 Å². The maximum absolute atomic E-state index is 13.4. The standard InChI is InChI=1S/C26H24N4O5.ClH/c1-34-20-7-3-6-19-21(20)22(25(29)32)23(26(33)35-14-15-8-10-18(31)11-9-15)30(19)13-16-4-2-5-17(12-16)24(27)28;/h2-12,31H,13-14H2,1H3,(H3,27,28)(H2,29,32);1H. The first kappa shape index (κ1) is 26.1. The fourth-order valence-corrected chi connectivity index (χ4v) is 3.99. The van der Waals surface area contributed by atoms with Gasteiger partial charge < -0.3 is 30.6 Å². The molecule has 0 fully saturated rings. The molecular formula is C26H25ClN4O5. The lowest BCUT2D eigenvalue weighted by Gasteiger charge is -2.13. The van der Waals surface area contributed by atoms with E-state index in [1.807, 2.05) is 6.07 Å². The van der Waals surface area contributed by atoms with Crippen molar-refractivity contribution >= 4 is 41.0 Å². The summed E-state index contributed by atoms with van der Waals surface area (Å²) in [5.41, 5.74) is 13.9. The zero-order valence-electron chi connectivity index (χ0n) is 19.4. The minimum atomic E-state index is -0.799. The number of amides is 1. The Hall–Kier alpha value is -4.50. The Labute approximate surface area is 213 Å². The van der Waals surface area contributed by atoms with E-state index in [1.165, 1.54) is 19.2 Å². The number of ether oxygens (including phenoxy) is 2. The van der Waals surface area contributed by atoms with Crippen LogP contribution in [-0.4, -0.2) is 34.5 Å². The molecule has 0 aliphatic rings. The number of phenolic OH excluding ortho intramolecular Hbond substituents is 1. The van der Waals surface area contributed by atoms with Gasteiger partial charge in [-0.05, 0) is 41.5 Å². The van der Waals surface area contributed by atoms with Crippen LogP contribution in [0.25, 0.3) is 10.9 Å². The van der Waals surface area contributed by atoms with Gasteiger partial charge in [-0.3, -0.25) is 10.2 Å². The molecular weight excluding hydrogens is 484 g/mol. The zero-order valence-corrected chi connectivity index (χ0v) is 20.2. The monoisotopic (exact) mass is 508 g/mol. The molecule has 1 heterocycles. The lowest BCUT2D eigenvalue weighted by molar-refractivity contribution is 0.0458. The second-order valence-electron chi connectivity index (χ2n) is 7.89. The number of fused-ring (bicyclic) bond motifs is 1. The van der Waals surface area contributed by atoms with Crippen molar-refractivity contribution in [3.8, 4) is 11.5 Å². The molecule has 9 nitrogen and oxygen atoms in total. The normalized spacial score (nSPS) is 10.5. The highest BCUT2D eigenvalue weighted by Gasteiger charge is 2.29. The van der Waals surface area contributed by atoms with Crippen LogP contribution in [0.4, 0.5) is 0 Å². The summed E-state index contributed by atoms with van der Waals surface area (Å²) in [7, 11) is 1.47. The summed E-state index contributed by atoms with van der Waals surface area (Å²) in [6.45, 7) is 0.109. The summed E-state index contributed by atoms with van der Waals surface area (Å²) in [5, 5.41) is 17.6. The molecule has 0 saturated heterocycles. The van der Waals surface area contributed by atoms with Crippen molar-refractivity contribution in [1.82, 2.24) is 4.57 Å². The number of nitrogens with one attached hydrogen (secondary N) is 1. The highest BCUT2D eigenvalue weighted by atomic mass is 35.5. The number of nitrogen functional groups attached to an aromatic ring is 1. The number of benzene rings is 3. The molecule has 6 N–H and O–H groups in total. The number of nitrogens with zero attached hydrogens (tertiary/aromatic N) is 1. The molecule has 0 spiro atoms. The van der Waals surface area contributed by atoms with Crippen LogP contribution in [0, 0.1) is 5.41 Å². The molecule has 0 atom stereocenters. The van der Waals surface area contributed by atoms with Crippen molar-refractivity contribution < 1.29 is 24.2 Å². The molecule has 186 valence electrons. The quantitative estimate of drug-likeness (QED) is 0.162. The minimum Gasteiger partial charge on any atom is -0.508 e. The van der Waals surface area contributed by atoms with Gasteiger partial charge in [0.25, 0.3) is 5.91 Å². The molecule has 0 radical (unpaired) electrons. The highest BCUT2D eigenvalue weighted by molar-refractivity contribution is 6.16. The van der Waals surface area contributed by atoms with E-state index in [-0.39, 0.29) is 48.4 Å². The van der Waals surface area contributed by atoms with Gasteiger partial charge in [-0.25, -0.2) is 4.79 Å². The van der Waals surface area contributed by atoms with Gasteiger partial charge in [-0.1, -0.05) is 36.4 Å². The number of methoxy groups -OCH3 is 1. The average Bonchev–Trinajstić information content (AvgIpc) is 3.18. The predicted octanol–water partition coefficient (Wildman–Crippen LogP) is 3.57. The van der Waals surface area contributed by atoms with E-state index < -0.39 is 11.9 Å². The zero-order chi connectivity index (χ0) is 25.1. The molecule has 0 unspecified atom stereocenters. The molecule has 10 heteroatoms. The third kappa shape index (κ3) is 5.11. The second kappa shape index (κ2) is 10.8. The molecule has 1 amide bonds. The topological polar surface area (TPSA) is 154 Å². The number of amidine groups is 1. The lowest BCUT2D eigenvalue weighted by Crippen LogP contribution is -2.20. The maximum atomic E-state index is 13.4. The molecule has 0 bridgehead atoms. The van der Waals surface area contributed by atoms with Crippen LogP contribution < -0.4 is 16.2 Å². The van der Waals surface area contributed by atoms with Crippen LogP contribution in [0.15, 0.2) is 66.7 Å².